The Hall–Kier alpha value is -2.28. The summed E-state index contributed by atoms with van der Waals surface area (Å²) < 4.78 is 31.8. The van der Waals surface area contributed by atoms with Crippen LogP contribution >= 0.6 is 0 Å². The van der Waals surface area contributed by atoms with E-state index in [1.54, 1.807) is 26.8 Å². The normalized spacial score (nSPS) is 13.7. The van der Waals surface area contributed by atoms with Crippen LogP contribution in [0.1, 0.15) is 31.1 Å². The summed E-state index contributed by atoms with van der Waals surface area (Å²) in [6.07, 6.45) is 0. The van der Waals surface area contributed by atoms with E-state index in [4.69, 9.17) is 4.52 Å². The lowest BCUT2D eigenvalue weighted by Crippen LogP contribution is -2.39. The number of nitrogens with zero attached hydrogens (tertiary/aromatic N) is 1. The van der Waals surface area contributed by atoms with Crippen molar-refractivity contribution < 1.29 is 18.1 Å². The van der Waals surface area contributed by atoms with Crippen LogP contribution in [-0.2, 0) is 4.79 Å². The van der Waals surface area contributed by atoms with Gasteiger partial charge in [0.2, 0.25) is 11.8 Å². The number of amides is 1. The molecule has 0 bridgehead atoms. The summed E-state index contributed by atoms with van der Waals surface area (Å²) in [4.78, 5) is 12.0. The molecular weight excluding hydrogens is 292 g/mol. The lowest BCUT2D eigenvalue weighted by atomic mass is 10.1. The molecule has 0 saturated heterocycles. The predicted molar refractivity (Wildman–Crippen MR) is 77.2 cm³/mol. The molecule has 2 atom stereocenters. The van der Waals surface area contributed by atoms with E-state index in [1.807, 2.05) is 0 Å². The van der Waals surface area contributed by atoms with Crippen molar-refractivity contribution >= 4 is 11.8 Å². The summed E-state index contributed by atoms with van der Waals surface area (Å²) in [6.45, 7) is 5.00. The summed E-state index contributed by atoms with van der Waals surface area (Å²) in [7, 11) is 0. The van der Waals surface area contributed by atoms with E-state index in [0.29, 0.717) is 5.69 Å². The lowest BCUT2D eigenvalue weighted by molar-refractivity contribution is -0.118. The Labute approximate surface area is 126 Å². The first-order chi connectivity index (χ1) is 10.4. The minimum Gasteiger partial charge on any atom is -0.338 e. The van der Waals surface area contributed by atoms with Crippen LogP contribution < -0.4 is 10.6 Å². The number of carbonyl (C=O) groups excluding carboxylic acids is 1. The second-order valence-electron chi connectivity index (χ2n) is 5.10. The van der Waals surface area contributed by atoms with Gasteiger partial charge in [0.1, 0.15) is 11.6 Å². The number of anilines is 1. The molecule has 0 aliphatic rings. The molecule has 22 heavy (non-hydrogen) atoms. The van der Waals surface area contributed by atoms with Crippen LogP contribution in [0.15, 0.2) is 28.8 Å². The number of benzene rings is 1. The number of hydrogen-bond donors (Lipinski definition) is 2. The number of aryl methyl sites for hydroxylation is 1. The molecule has 1 amide bonds. The third-order valence-corrected chi connectivity index (χ3v) is 3.19. The average Bonchev–Trinajstić information content (AvgIpc) is 2.86. The Morgan fingerprint density at radius 2 is 2.00 bits per heavy atom. The number of halogens is 2. The van der Waals surface area contributed by atoms with Crippen molar-refractivity contribution in [1.82, 2.24) is 10.5 Å². The number of carbonyl (C=O) groups is 1. The largest absolute Gasteiger partial charge is 0.338 e. The fourth-order valence-electron chi connectivity index (χ4n) is 2.04. The molecule has 5 nitrogen and oxygen atoms in total. The Kier molecular flexibility index (Phi) is 4.87. The highest BCUT2D eigenvalue weighted by Gasteiger charge is 2.19. The molecule has 0 spiro atoms. The minimum absolute atomic E-state index is 0.162. The molecule has 7 heteroatoms. The van der Waals surface area contributed by atoms with Crippen molar-refractivity contribution in [2.24, 2.45) is 0 Å². The molecule has 0 unspecified atom stereocenters. The van der Waals surface area contributed by atoms with E-state index in [1.165, 1.54) is 0 Å². The molecule has 0 aliphatic carbocycles. The summed E-state index contributed by atoms with van der Waals surface area (Å²) >= 11 is 0. The third-order valence-electron chi connectivity index (χ3n) is 3.19. The number of rotatable bonds is 5. The van der Waals surface area contributed by atoms with Gasteiger partial charge in [-0.2, -0.15) is 0 Å². The van der Waals surface area contributed by atoms with Crippen molar-refractivity contribution in [3.8, 4) is 0 Å². The quantitative estimate of drug-likeness (QED) is 0.891. The SMILES string of the molecule is Cc1cc(NC(=O)[C@H](C)N[C@H](C)c2cc(F)ccc2F)on1. The van der Waals surface area contributed by atoms with E-state index in [0.717, 1.165) is 18.2 Å². The van der Waals surface area contributed by atoms with Gasteiger partial charge in [-0.15, -0.1) is 0 Å². The molecule has 2 N–H and O–H groups in total. The van der Waals surface area contributed by atoms with Crippen molar-refractivity contribution in [3.63, 3.8) is 0 Å². The van der Waals surface area contributed by atoms with E-state index < -0.39 is 23.7 Å². The summed E-state index contributed by atoms with van der Waals surface area (Å²) in [5.41, 5.74) is 0.807. The van der Waals surface area contributed by atoms with Gasteiger partial charge in [-0.1, -0.05) is 5.16 Å². The zero-order valence-corrected chi connectivity index (χ0v) is 12.5. The van der Waals surface area contributed by atoms with Gasteiger partial charge in [-0.05, 0) is 39.0 Å². The third kappa shape index (κ3) is 3.88. The summed E-state index contributed by atoms with van der Waals surface area (Å²) in [5, 5.41) is 9.11. The van der Waals surface area contributed by atoms with Crippen molar-refractivity contribution in [1.29, 1.82) is 0 Å². The topological polar surface area (TPSA) is 67.2 Å². The van der Waals surface area contributed by atoms with E-state index in [2.05, 4.69) is 15.8 Å². The molecule has 1 aromatic heterocycles. The maximum atomic E-state index is 13.7. The zero-order chi connectivity index (χ0) is 16.3. The van der Waals surface area contributed by atoms with Crippen molar-refractivity contribution in [2.75, 3.05) is 5.32 Å². The van der Waals surface area contributed by atoms with Crippen LogP contribution in [0, 0.1) is 18.6 Å². The zero-order valence-electron chi connectivity index (χ0n) is 12.5. The second kappa shape index (κ2) is 6.65. The Bertz CT molecular complexity index is 673. The standard InChI is InChI=1S/C15H17F2N3O2/c1-8-6-14(22-20-8)19-15(21)10(3)18-9(2)12-7-11(16)4-5-13(12)17/h4-7,9-10,18H,1-3H3,(H,19,21)/t9-,10+/m1/s1. The first kappa shape index (κ1) is 16.1. The van der Waals surface area contributed by atoms with Gasteiger partial charge in [-0.3, -0.25) is 15.4 Å². The number of hydrogen-bond acceptors (Lipinski definition) is 4. The first-order valence-electron chi connectivity index (χ1n) is 6.82. The molecular formula is C15H17F2N3O2. The highest BCUT2D eigenvalue weighted by Crippen LogP contribution is 2.18. The van der Waals surface area contributed by atoms with E-state index in [-0.39, 0.29) is 17.4 Å². The highest BCUT2D eigenvalue weighted by atomic mass is 19.1. The van der Waals surface area contributed by atoms with Gasteiger partial charge < -0.3 is 4.52 Å². The maximum absolute atomic E-state index is 13.7. The minimum atomic E-state index is -0.636. The molecule has 118 valence electrons. The van der Waals surface area contributed by atoms with Gasteiger partial charge in [0.15, 0.2) is 0 Å². The smallest absolute Gasteiger partial charge is 0.243 e. The maximum Gasteiger partial charge on any atom is 0.243 e. The predicted octanol–water partition coefficient (Wildman–Crippen LogP) is 2.94. The van der Waals surface area contributed by atoms with Crippen LogP contribution in [0.5, 0.6) is 0 Å². The summed E-state index contributed by atoms with van der Waals surface area (Å²) in [5.74, 6) is -1.18. The molecule has 1 heterocycles. The molecule has 0 fully saturated rings. The molecule has 0 saturated carbocycles. The van der Waals surface area contributed by atoms with Crippen LogP contribution in [0.2, 0.25) is 0 Å². The molecule has 1 aromatic carbocycles. The molecule has 2 rings (SSSR count). The number of nitrogens with one attached hydrogen (secondary N) is 2. The lowest BCUT2D eigenvalue weighted by Gasteiger charge is -2.20. The first-order valence-corrected chi connectivity index (χ1v) is 6.82. The molecule has 0 aliphatic heterocycles. The van der Waals surface area contributed by atoms with Gasteiger partial charge in [0.25, 0.3) is 0 Å². The van der Waals surface area contributed by atoms with Gasteiger partial charge in [-0.25, -0.2) is 8.78 Å². The van der Waals surface area contributed by atoms with Crippen LogP contribution in [0.3, 0.4) is 0 Å². The van der Waals surface area contributed by atoms with Gasteiger partial charge in [0.05, 0.1) is 11.7 Å². The van der Waals surface area contributed by atoms with Gasteiger partial charge >= 0.3 is 0 Å². The van der Waals surface area contributed by atoms with Crippen LogP contribution in [-0.4, -0.2) is 17.1 Å². The van der Waals surface area contributed by atoms with Gasteiger partial charge in [0, 0.05) is 17.7 Å². The monoisotopic (exact) mass is 309 g/mol. The van der Waals surface area contributed by atoms with E-state index >= 15 is 0 Å². The molecule has 2 aromatic rings. The average molecular weight is 309 g/mol. The number of aromatic nitrogens is 1. The Balaban J connectivity index is 1.99. The van der Waals surface area contributed by atoms with Crippen LogP contribution in [0.25, 0.3) is 0 Å². The van der Waals surface area contributed by atoms with Crippen molar-refractivity contribution in [2.45, 2.75) is 32.9 Å². The Morgan fingerprint density at radius 1 is 1.27 bits per heavy atom. The van der Waals surface area contributed by atoms with Crippen molar-refractivity contribution in [3.05, 3.63) is 47.2 Å². The van der Waals surface area contributed by atoms with Crippen LogP contribution in [0.4, 0.5) is 14.7 Å². The highest BCUT2D eigenvalue weighted by molar-refractivity contribution is 5.93. The fraction of sp³-hybridized carbons (Fsp3) is 0.333. The fourth-order valence-corrected chi connectivity index (χ4v) is 2.04. The Morgan fingerprint density at radius 3 is 2.64 bits per heavy atom. The van der Waals surface area contributed by atoms with E-state index in [9.17, 15) is 13.6 Å². The summed E-state index contributed by atoms with van der Waals surface area (Å²) in [6, 6.07) is 3.63. The molecule has 0 radical (unpaired) electrons. The second-order valence-corrected chi connectivity index (χ2v) is 5.10.